The van der Waals surface area contributed by atoms with Crippen molar-refractivity contribution in [3.8, 4) is 11.5 Å². The number of carbonyl (C=O) groups excluding carboxylic acids is 1. The highest BCUT2D eigenvalue weighted by atomic mass is 16.5. The van der Waals surface area contributed by atoms with Crippen LogP contribution in [0.2, 0.25) is 0 Å². The van der Waals surface area contributed by atoms with Gasteiger partial charge in [0.25, 0.3) is 0 Å². The van der Waals surface area contributed by atoms with E-state index in [0.29, 0.717) is 12.5 Å². The molecule has 0 spiro atoms. The lowest BCUT2D eigenvalue weighted by molar-refractivity contribution is -0.133. The molecular formula is C23H28N4O2. The quantitative estimate of drug-likeness (QED) is 0.664. The fourth-order valence-corrected chi connectivity index (χ4v) is 4.10. The standard InChI is InChI=1S/C23H28N4O2/c1-27(17-5-3-2-4-6-17)23(28)20(24)15-16-7-9-18(10-8-16)29-21-12-14-26-22-19(21)11-13-25-22/h7-14,17,20H,2-6,15,24H2,1H3,(H,25,26)/t20-/m0/s1. The fraction of sp³-hybridized carbons (Fsp3) is 0.391. The average Bonchev–Trinajstić information content (AvgIpc) is 3.24. The molecule has 1 atom stereocenters. The Bertz CT molecular complexity index is 960. The molecule has 1 aliphatic rings. The van der Waals surface area contributed by atoms with Crippen molar-refractivity contribution in [3.63, 3.8) is 0 Å². The first-order chi connectivity index (χ1) is 14.1. The molecule has 3 N–H and O–H groups in total. The second-order valence-corrected chi connectivity index (χ2v) is 7.85. The van der Waals surface area contributed by atoms with Gasteiger partial charge in [-0.05, 0) is 49.1 Å². The molecule has 0 saturated heterocycles. The van der Waals surface area contributed by atoms with E-state index in [0.717, 1.165) is 40.9 Å². The summed E-state index contributed by atoms with van der Waals surface area (Å²) in [6.07, 6.45) is 9.93. The topological polar surface area (TPSA) is 84.2 Å². The zero-order chi connectivity index (χ0) is 20.2. The molecule has 1 amide bonds. The van der Waals surface area contributed by atoms with Crippen LogP contribution >= 0.6 is 0 Å². The third-order valence-electron chi connectivity index (χ3n) is 5.81. The predicted octanol–water partition coefficient (Wildman–Crippen LogP) is 4.02. The van der Waals surface area contributed by atoms with Gasteiger partial charge in [0.05, 0.1) is 11.4 Å². The number of aromatic amines is 1. The lowest BCUT2D eigenvalue weighted by Crippen LogP contribution is -2.48. The second kappa shape index (κ2) is 8.66. The predicted molar refractivity (Wildman–Crippen MR) is 114 cm³/mol. The van der Waals surface area contributed by atoms with Crippen LogP contribution in [0.1, 0.15) is 37.7 Å². The summed E-state index contributed by atoms with van der Waals surface area (Å²) >= 11 is 0. The Morgan fingerprint density at radius 3 is 2.72 bits per heavy atom. The highest BCUT2D eigenvalue weighted by molar-refractivity contribution is 5.83. The first-order valence-corrected chi connectivity index (χ1v) is 10.3. The van der Waals surface area contributed by atoms with Gasteiger partial charge >= 0.3 is 0 Å². The van der Waals surface area contributed by atoms with Crippen molar-refractivity contribution in [3.05, 3.63) is 54.4 Å². The number of benzene rings is 1. The third-order valence-corrected chi connectivity index (χ3v) is 5.81. The van der Waals surface area contributed by atoms with Crippen molar-refractivity contribution in [2.45, 2.75) is 50.6 Å². The van der Waals surface area contributed by atoms with E-state index in [1.165, 1.54) is 19.3 Å². The molecule has 1 fully saturated rings. The van der Waals surface area contributed by atoms with E-state index in [-0.39, 0.29) is 5.91 Å². The number of likely N-dealkylation sites (N-methyl/N-ethyl adjacent to an activating group) is 1. The van der Waals surface area contributed by atoms with E-state index in [9.17, 15) is 4.79 Å². The minimum Gasteiger partial charge on any atom is -0.457 e. The Morgan fingerprint density at radius 1 is 1.21 bits per heavy atom. The monoisotopic (exact) mass is 392 g/mol. The minimum absolute atomic E-state index is 0.0314. The van der Waals surface area contributed by atoms with Crippen LogP contribution in [0.15, 0.2) is 48.8 Å². The van der Waals surface area contributed by atoms with Crippen LogP contribution in [0.25, 0.3) is 11.0 Å². The van der Waals surface area contributed by atoms with Gasteiger partial charge in [-0.25, -0.2) is 4.98 Å². The first kappa shape index (κ1) is 19.5. The van der Waals surface area contributed by atoms with Crippen molar-refractivity contribution < 1.29 is 9.53 Å². The van der Waals surface area contributed by atoms with Gasteiger partial charge in [-0.2, -0.15) is 0 Å². The highest BCUT2D eigenvalue weighted by Gasteiger charge is 2.26. The maximum atomic E-state index is 12.7. The first-order valence-electron chi connectivity index (χ1n) is 10.3. The van der Waals surface area contributed by atoms with E-state index >= 15 is 0 Å². The number of H-pyrrole nitrogens is 1. The fourth-order valence-electron chi connectivity index (χ4n) is 4.10. The molecular weight excluding hydrogens is 364 g/mol. The number of pyridine rings is 1. The number of hydrogen-bond donors (Lipinski definition) is 2. The number of rotatable bonds is 6. The van der Waals surface area contributed by atoms with E-state index in [4.69, 9.17) is 10.5 Å². The molecule has 0 bridgehead atoms. The summed E-state index contributed by atoms with van der Waals surface area (Å²) in [5.74, 6) is 1.52. The van der Waals surface area contributed by atoms with Gasteiger partial charge in [-0.15, -0.1) is 0 Å². The van der Waals surface area contributed by atoms with Crippen molar-refractivity contribution in [1.82, 2.24) is 14.9 Å². The summed E-state index contributed by atoms with van der Waals surface area (Å²) in [5.41, 5.74) is 8.06. The number of nitrogens with zero attached hydrogens (tertiary/aromatic N) is 2. The number of amides is 1. The number of carbonyl (C=O) groups is 1. The Kier molecular flexibility index (Phi) is 5.81. The van der Waals surface area contributed by atoms with Gasteiger partial charge in [0, 0.05) is 25.5 Å². The average molecular weight is 393 g/mol. The summed E-state index contributed by atoms with van der Waals surface area (Å²) < 4.78 is 6.01. The van der Waals surface area contributed by atoms with E-state index in [1.54, 1.807) is 6.20 Å². The molecule has 3 aromatic rings. The van der Waals surface area contributed by atoms with Gasteiger partial charge in [-0.3, -0.25) is 4.79 Å². The number of ether oxygens (including phenoxy) is 1. The molecule has 152 valence electrons. The Labute approximate surface area is 171 Å². The zero-order valence-corrected chi connectivity index (χ0v) is 16.8. The SMILES string of the molecule is CN(C(=O)[C@@H](N)Cc1ccc(Oc2ccnc3[nH]ccc23)cc1)C1CCCCC1. The van der Waals surface area contributed by atoms with Gasteiger partial charge in [-0.1, -0.05) is 31.4 Å². The molecule has 2 aromatic heterocycles. The van der Waals surface area contributed by atoms with Crippen LogP contribution in [0, 0.1) is 0 Å². The highest BCUT2D eigenvalue weighted by Crippen LogP contribution is 2.28. The number of fused-ring (bicyclic) bond motifs is 1. The lowest BCUT2D eigenvalue weighted by Gasteiger charge is -2.33. The van der Waals surface area contributed by atoms with Crippen LogP contribution in [0.5, 0.6) is 11.5 Å². The maximum absolute atomic E-state index is 12.7. The van der Waals surface area contributed by atoms with Crippen LogP contribution in [-0.4, -0.2) is 39.9 Å². The van der Waals surface area contributed by atoms with E-state index < -0.39 is 6.04 Å². The Balaban J connectivity index is 1.37. The van der Waals surface area contributed by atoms with Gasteiger partial charge in [0.2, 0.25) is 5.91 Å². The summed E-state index contributed by atoms with van der Waals surface area (Å²) in [6, 6.07) is 11.4. The van der Waals surface area contributed by atoms with Crippen LogP contribution < -0.4 is 10.5 Å². The third kappa shape index (κ3) is 4.43. The van der Waals surface area contributed by atoms with Gasteiger partial charge < -0.3 is 20.4 Å². The van der Waals surface area contributed by atoms with Gasteiger partial charge in [0.15, 0.2) is 0 Å². The number of nitrogens with two attached hydrogens (primary N) is 1. The molecule has 6 nitrogen and oxygen atoms in total. The van der Waals surface area contributed by atoms with E-state index in [1.807, 2.05) is 54.5 Å². The van der Waals surface area contributed by atoms with Crippen LogP contribution in [0.4, 0.5) is 0 Å². The summed E-state index contributed by atoms with van der Waals surface area (Å²) in [5, 5.41) is 0.940. The van der Waals surface area contributed by atoms with Crippen LogP contribution in [0.3, 0.4) is 0 Å². The molecule has 0 unspecified atom stereocenters. The molecule has 0 aliphatic heterocycles. The maximum Gasteiger partial charge on any atom is 0.239 e. The largest absolute Gasteiger partial charge is 0.457 e. The molecule has 2 heterocycles. The molecule has 1 saturated carbocycles. The molecule has 4 rings (SSSR count). The van der Waals surface area contributed by atoms with Gasteiger partial charge in [0.1, 0.15) is 17.1 Å². The molecule has 1 aromatic carbocycles. The van der Waals surface area contributed by atoms with E-state index in [2.05, 4.69) is 9.97 Å². The molecule has 0 radical (unpaired) electrons. The zero-order valence-electron chi connectivity index (χ0n) is 16.8. The normalized spacial score (nSPS) is 15.9. The molecule has 29 heavy (non-hydrogen) atoms. The summed E-state index contributed by atoms with van der Waals surface area (Å²) in [4.78, 5) is 21.9. The number of nitrogens with one attached hydrogen (secondary N) is 1. The molecule has 6 heteroatoms. The van der Waals surface area contributed by atoms with Crippen molar-refractivity contribution in [2.24, 2.45) is 5.73 Å². The van der Waals surface area contributed by atoms with Crippen molar-refractivity contribution in [2.75, 3.05) is 7.05 Å². The Morgan fingerprint density at radius 2 is 1.97 bits per heavy atom. The lowest BCUT2D eigenvalue weighted by atomic mass is 9.94. The van der Waals surface area contributed by atoms with Crippen molar-refractivity contribution >= 4 is 16.9 Å². The Hall–Kier alpha value is -2.86. The summed E-state index contributed by atoms with van der Waals surface area (Å²) in [6.45, 7) is 0. The number of aromatic nitrogens is 2. The second-order valence-electron chi connectivity index (χ2n) is 7.85. The summed E-state index contributed by atoms with van der Waals surface area (Å²) in [7, 11) is 1.89. The van der Waals surface area contributed by atoms with Crippen molar-refractivity contribution in [1.29, 1.82) is 0 Å². The molecule has 1 aliphatic carbocycles. The van der Waals surface area contributed by atoms with Crippen LogP contribution in [-0.2, 0) is 11.2 Å². The minimum atomic E-state index is -0.520. The smallest absolute Gasteiger partial charge is 0.239 e. The number of hydrogen-bond acceptors (Lipinski definition) is 4.